The molecule has 5 heteroatoms. The molecule has 0 radical (unpaired) electrons. The fraction of sp³-hybridized carbons (Fsp3) is 0.312. The summed E-state index contributed by atoms with van der Waals surface area (Å²) < 4.78 is 0. The van der Waals surface area contributed by atoms with Crippen LogP contribution in [-0.2, 0) is 17.8 Å². The first-order chi connectivity index (χ1) is 9.95. The molecule has 2 N–H and O–H groups in total. The number of amides is 1. The molecule has 0 aliphatic rings. The predicted molar refractivity (Wildman–Crippen MR) is 81.1 cm³/mol. The lowest BCUT2D eigenvalue weighted by Crippen LogP contribution is -2.29. The van der Waals surface area contributed by atoms with Gasteiger partial charge in [0, 0.05) is 29.7 Å². The summed E-state index contributed by atoms with van der Waals surface area (Å²) in [4.78, 5) is 30.7. The standard InChI is InChI=1S/C16H19N3O2/c1-10-6-12(3)19-16(21)14(10)9-18-15(20)7-13-5-4-11(2)17-8-13/h4-6,8H,7,9H2,1-3H3,(H,18,20)(H,19,21). The van der Waals surface area contributed by atoms with E-state index in [0.717, 1.165) is 22.5 Å². The molecule has 2 rings (SSSR count). The Morgan fingerprint density at radius 3 is 2.67 bits per heavy atom. The number of aromatic nitrogens is 2. The average molecular weight is 285 g/mol. The van der Waals surface area contributed by atoms with Crippen molar-refractivity contribution in [2.75, 3.05) is 0 Å². The third-order valence-electron chi connectivity index (χ3n) is 3.29. The average Bonchev–Trinajstić information content (AvgIpc) is 2.40. The lowest BCUT2D eigenvalue weighted by molar-refractivity contribution is -0.120. The zero-order valence-electron chi connectivity index (χ0n) is 12.5. The van der Waals surface area contributed by atoms with E-state index in [2.05, 4.69) is 15.3 Å². The number of H-pyrrole nitrogens is 1. The highest BCUT2D eigenvalue weighted by molar-refractivity contribution is 5.78. The van der Waals surface area contributed by atoms with Gasteiger partial charge in [-0.2, -0.15) is 0 Å². The highest BCUT2D eigenvalue weighted by atomic mass is 16.1. The molecule has 1 amide bonds. The van der Waals surface area contributed by atoms with Gasteiger partial charge >= 0.3 is 0 Å². The topological polar surface area (TPSA) is 74.8 Å². The van der Waals surface area contributed by atoms with E-state index in [0.29, 0.717) is 5.56 Å². The van der Waals surface area contributed by atoms with Gasteiger partial charge in [-0.25, -0.2) is 0 Å². The molecule has 0 spiro atoms. The Labute approximate surface area is 123 Å². The van der Waals surface area contributed by atoms with E-state index in [1.165, 1.54) is 0 Å². The number of carbonyl (C=O) groups excluding carboxylic acids is 1. The van der Waals surface area contributed by atoms with Gasteiger partial charge in [0.05, 0.1) is 6.42 Å². The zero-order chi connectivity index (χ0) is 15.4. The molecule has 0 atom stereocenters. The van der Waals surface area contributed by atoms with Crippen LogP contribution in [0.15, 0.2) is 29.2 Å². The maximum atomic E-state index is 11.9. The largest absolute Gasteiger partial charge is 0.352 e. The molecule has 0 saturated carbocycles. The van der Waals surface area contributed by atoms with Crippen LogP contribution >= 0.6 is 0 Å². The Hall–Kier alpha value is -2.43. The normalized spacial score (nSPS) is 10.4. The number of pyridine rings is 2. The van der Waals surface area contributed by atoms with E-state index in [-0.39, 0.29) is 24.4 Å². The van der Waals surface area contributed by atoms with Crippen molar-refractivity contribution in [2.24, 2.45) is 0 Å². The van der Waals surface area contributed by atoms with Gasteiger partial charge in [-0.15, -0.1) is 0 Å². The van der Waals surface area contributed by atoms with Crippen LogP contribution in [0.3, 0.4) is 0 Å². The summed E-state index contributed by atoms with van der Waals surface area (Å²) in [7, 11) is 0. The fourth-order valence-electron chi connectivity index (χ4n) is 2.14. The van der Waals surface area contributed by atoms with E-state index in [1.807, 2.05) is 39.0 Å². The summed E-state index contributed by atoms with van der Waals surface area (Å²) >= 11 is 0. The molecule has 0 saturated heterocycles. The smallest absolute Gasteiger partial charge is 0.253 e. The van der Waals surface area contributed by atoms with Crippen LogP contribution in [0, 0.1) is 20.8 Å². The Balaban J connectivity index is 1.98. The maximum Gasteiger partial charge on any atom is 0.253 e. The first kappa shape index (κ1) is 15.0. The maximum absolute atomic E-state index is 11.9. The molecule has 2 aromatic heterocycles. The predicted octanol–water partition coefficient (Wildman–Crippen LogP) is 1.55. The molecule has 0 fully saturated rings. The molecule has 0 unspecified atom stereocenters. The van der Waals surface area contributed by atoms with Crippen molar-refractivity contribution < 1.29 is 4.79 Å². The van der Waals surface area contributed by atoms with E-state index >= 15 is 0 Å². The Bertz CT molecular complexity index is 702. The number of aryl methyl sites for hydroxylation is 3. The van der Waals surface area contributed by atoms with Gasteiger partial charge < -0.3 is 10.3 Å². The van der Waals surface area contributed by atoms with Crippen LogP contribution in [0.4, 0.5) is 0 Å². The fourth-order valence-corrected chi connectivity index (χ4v) is 2.14. The lowest BCUT2D eigenvalue weighted by atomic mass is 10.1. The van der Waals surface area contributed by atoms with Crippen molar-refractivity contribution in [2.45, 2.75) is 33.7 Å². The Morgan fingerprint density at radius 2 is 2.05 bits per heavy atom. The third-order valence-corrected chi connectivity index (χ3v) is 3.29. The highest BCUT2D eigenvalue weighted by Crippen LogP contribution is 2.04. The van der Waals surface area contributed by atoms with Crippen LogP contribution < -0.4 is 10.9 Å². The molecule has 0 aliphatic heterocycles. The van der Waals surface area contributed by atoms with Crippen molar-refractivity contribution >= 4 is 5.91 Å². The van der Waals surface area contributed by atoms with Gasteiger partial charge in [-0.05, 0) is 44.0 Å². The van der Waals surface area contributed by atoms with Crippen LogP contribution in [0.1, 0.15) is 28.1 Å². The molecule has 2 aromatic rings. The highest BCUT2D eigenvalue weighted by Gasteiger charge is 2.08. The van der Waals surface area contributed by atoms with Gasteiger partial charge in [0.25, 0.3) is 5.56 Å². The van der Waals surface area contributed by atoms with Crippen molar-refractivity contribution in [3.05, 3.63) is 62.8 Å². The molecule has 0 bridgehead atoms. The summed E-state index contributed by atoms with van der Waals surface area (Å²) in [6, 6.07) is 5.65. The van der Waals surface area contributed by atoms with E-state index in [4.69, 9.17) is 0 Å². The second-order valence-electron chi connectivity index (χ2n) is 5.20. The summed E-state index contributed by atoms with van der Waals surface area (Å²) in [6.45, 7) is 5.84. The van der Waals surface area contributed by atoms with Gasteiger partial charge in [0.2, 0.25) is 5.91 Å². The first-order valence-electron chi connectivity index (χ1n) is 6.83. The Morgan fingerprint density at radius 1 is 1.29 bits per heavy atom. The minimum atomic E-state index is -0.148. The summed E-state index contributed by atoms with van der Waals surface area (Å²) in [5.74, 6) is -0.125. The third kappa shape index (κ3) is 4.02. The monoisotopic (exact) mass is 285 g/mol. The van der Waals surface area contributed by atoms with Crippen LogP contribution in [0.2, 0.25) is 0 Å². The van der Waals surface area contributed by atoms with Crippen molar-refractivity contribution in [3.8, 4) is 0 Å². The molecule has 110 valence electrons. The number of rotatable bonds is 4. The van der Waals surface area contributed by atoms with Crippen LogP contribution in [0.5, 0.6) is 0 Å². The van der Waals surface area contributed by atoms with Gasteiger partial charge in [0.1, 0.15) is 0 Å². The zero-order valence-corrected chi connectivity index (χ0v) is 12.5. The van der Waals surface area contributed by atoms with Gasteiger partial charge in [-0.1, -0.05) is 6.07 Å². The molecule has 2 heterocycles. The first-order valence-corrected chi connectivity index (χ1v) is 6.83. The van der Waals surface area contributed by atoms with E-state index in [9.17, 15) is 9.59 Å². The van der Waals surface area contributed by atoms with Crippen molar-refractivity contribution in [1.29, 1.82) is 0 Å². The lowest BCUT2D eigenvalue weighted by Gasteiger charge is -2.08. The number of carbonyl (C=O) groups is 1. The van der Waals surface area contributed by atoms with Crippen molar-refractivity contribution in [1.82, 2.24) is 15.3 Å². The van der Waals surface area contributed by atoms with Gasteiger partial charge in [0.15, 0.2) is 0 Å². The van der Waals surface area contributed by atoms with E-state index < -0.39 is 0 Å². The number of nitrogens with zero attached hydrogens (tertiary/aromatic N) is 1. The second kappa shape index (κ2) is 6.35. The summed E-state index contributed by atoms with van der Waals surface area (Å²) in [5.41, 5.74) is 3.92. The SMILES string of the molecule is Cc1ccc(CC(=O)NCc2c(C)cc(C)[nH]c2=O)cn1. The molecule has 21 heavy (non-hydrogen) atoms. The molecular weight excluding hydrogens is 266 g/mol. The summed E-state index contributed by atoms with van der Waals surface area (Å²) in [5, 5.41) is 2.78. The Kier molecular flexibility index (Phi) is 4.52. The molecule has 0 aromatic carbocycles. The van der Waals surface area contributed by atoms with Crippen LogP contribution in [-0.4, -0.2) is 15.9 Å². The number of nitrogens with one attached hydrogen (secondary N) is 2. The minimum Gasteiger partial charge on any atom is -0.352 e. The number of hydrogen-bond acceptors (Lipinski definition) is 3. The molecule has 5 nitrogen and oxygen atoms in total. The second-order valence-corrected chi connectivity index (χ2v) is 5.20. The minimum absolute atomic E-state index is 0.125. The van der Waals surface area contributed by atoms with Crippen LogP contribution in [0.25, 0.3) is 0 Å². The van der Waals surface area contributed by atoms with Crippen molar-refractivity contribution in [3.63, 3.8) is 0 Å². The molecular formula is C16H19N3O2. The number of hydrogen-bond donors (Lipinski definition) is 2. The quantitative estimate of drug-likeness (QED) is 0.895. The summed E-state index contributed by atoms with van der Waals surface area (Å²) in [6.07, 6.45) is 1.95. The van der Waals surface area contributed by atoms with Gasteiger partial charge in [-0.3, -0.25) is 14.6 Å². The molecule has 0 aliphatic carbocycles. The van der Waals surface area contributed by atoms with E-state index in [1.54, 1.807) is 6.20 Å². The number of aromatic amines is 1.